The minimum absolute atomic E-state index is 0.0630. The predicted molar refractivity (Wildman–Crippen MR) is 69.5 cm³/mol. The zero-order valence-electron chi connectivity index (χ0n) is 9.04. The first kappa shape index (κ1) is 12.3. The van der Waals surface area contributed by atoms with Crippen LogP contribution in [0.2, 0.25) is 0 Å². The van der Waals surface area contributed by atoms with Crippen LogP contribution in [0, 0.1) is 10.1 Å². The summed E-state index contributed by atoms with van der Waals surface area (Å²) in [7, 11) is 0. The number of hydrogen-bond donors (Lipinski definition) is 1. The van der Waals surface area contributed by atoms with Crippen LogP contribution in [0.1, 0.15) is 0 Å². The highest BCUT2D eigenvalue weighted by Gasteiger charge is 2.11. The molecule has 1 aromatic heterocycles. The Morgan fingerprint density at radius 3 is 2.83 bits per heavy atom. The average Bonchev–Trinajstić information content (AvgIpc) is 2.31. The van der Waals surface area contributed by atoms with E-state index in [0.29, 0.717) is 21.7 Å². The highest BCUT2D eigenvalue weighted by atomic mass is 79.9. The lowest BCUT2D eigenvalue weighted by molar-refractivity contribution is -0.385. The summed E-state index contributed by atoms with van der Waals surface area (Å²) in [5.41, 5.74) is 5.97. The Labute approximate surface area is 111 Å². The zero-order chi connectivity index (χ0) is 13.1. The van der Waals surface area contributed by atoms with Gasteiger partial charge in [-0.1, -0.05) is 15.9 Å². The molecular formula is C11H8BrN3O3. The molecule has 0 aliphatic carbocycles. The number of nitrogen functional groups attached to an aromatic ring is 1. The van der Waals surface area contributed by atoms with E-state index in [1.807, 2.05) is 0 Å². The normalized spacial score (nSPS) is 10.1. The molecule has 0 fully saturated rings. The summed E-state index contributed by atoms with van der Waals surface area (Å²) in [4.78, 5) is 14.1. The number of benzene rings is 1. The number of pyridine rings is 1. The maximum absolute atomic E-state index is 10.7. The Hall–Kier alpha value is -2.15. The Balaban J connectivity index is 2.35. The van der Waals surface area contributed by atoms with Crippen molar-refractivity contribution in [3.63, 3.8) is 0 Å². The molecule has 0 bridgehead atoms. The number of nitro groups is 1. The highest BCUT2D eigenvalue weighted by molar-refractivity contribution is 9.10. The van der Waals surface area contributed by atoms with Crippen LogP contribution in [0.4, 0.5) is 11.4 Å². The number of aromatic nitrogens is 1. The van der Waals surface area contributed by atoms with Gasteiger partial charge in [0.15, 0.2) is 5.75 Å². The van der Waals surface area contributed by atoms with E-state index in [9.17, 15) is 10.1 Å². The molecule has 0 amide bonds. The lowest BCUT2D eigenvalue weighted by Crippen LogP contribution is -1.94. The number of rotatable bonds is 3. The van der Waals surface area contributed by atoms with Gasteiger partial charge in [-0.05, 0) is 6.07 Å². The van der Waals surface area contributed by atoms with Gasteiger partial charge in [-0.25, -0.2) is 0 Å². The SMILES string of the molecule is Nc1cnccc1Oc1cc(Br)cc([N+](=O)[O-])c1. The van der Waals surface area contributed by atoms with Gasteiger partial charge in [0, 0.05) is 22.8 Å². The average molecular weight is 310 g/mol. The Kier molecular flexibility index (Phi) is 3.42. The van der Waals surface area contributed by atoms with Gasteiger partial charge in [-0.3, -0.25) is 15.1 Å². The van der Waals surface area contributed by atoms with E-state index in [0.717, 1.165) is 0 Å². The van der Waals surface area contributed by atoms with E-state index in [2.05, 4.69) is 20.9 Å². The van der Waals surface area contributed by atoms with Gasteiger partial charge in [0.05, 0.1) is 22.9 Å². The van der Waals surface area contributed by atoms with Crippen molar-refractivity contribution >= 4 is 27.3 Å². The summed E-state index contributed by atoms with van der Waals surface area (Å²) in [5.74, 6) is 0.728. The van der Waals surface area contributed by atoms with Gasteiger partial charge >= 0.3 is 0 Å². The molecule has 0 saturated heterocycles. The third-order valence-corrected chi connectivity index (χ3v) is 2.56. The minimum atomic E-state index is -0.493. The van der Waals surface area contributed by atoms with E-state index < -0.39 is 4.92 Å². The molecule has 6 nitrogen and oxygen atoms in total. The second-order valence-electron chi connectivity index (χ2n) is 3.42. The summed E-state index contributed by atoms with van der Waals surface area (Å²) in [6.45, 7) is 0. The van der Waals surface area contributed by atoms with Crippen LogP contribution in [0.15, 0.2) is 41.1 Å². The van der Waals surface area contributed by atoms with Gasteiger partial charge in [0.1, 0.15) is 5.75 Å². The van der Waals surface area contributed by atoms with Crippen molar-refractivity contribution in [1.82, 2.24) is 4.98 Å². The maximum Gasteiger partial charge on any atom is 0.274 e. The Bertz CT molecular complexity index is 604. The fourth-order valence-corrected chi connectivity index (χ4v) is 1.79. The molecule has 7 heteroatoms. The van der Waals surface area contributed by atoms with E-state index in [4.69, 9.17) is 10.5 Å². The van der Waals surface area contributed by atoms with Gasteiger partial charge in [-0.15, -0.1) is 0 Å². The fraction of sp³-hybridized carbons (Fsp3) is 0. The van der Waals surface area contributed by atoms with Crippen LogP contribution in [-0.4, -0.2) is 9.91 Å². The molecule has 2 aromatic rings. The van der Waals surface area contributed by atoms with Crippen molar-refractivity contribution in [3.05, 3.63) is 51.2 Å². The van der Waals surface area contributed by atoms with E-state index >= 15 is 0 Å². The molecule has 0 aliphatic heterocycles. The van der Waals surface area contributed by atoms with Crippen molar-refractivity contribution in [1.29, 1.82) is 0 Å². The highest BCUT2D eigenvalue weighted by Crippen LogP contribution is 2.31. The first-order chi connectivity index (χ1) is 8.56. The largest absolute Gasteiger partial charge is 0.455 e. The lowest BCUT2D eigenvalue weighted by Gasteiger charge is -2.07. The zero-order valence-corrected chi connectivity index (χ0v) is 10.6. The van der Waals surface area contributed by atoms with E-state index in [-0.39, 0.29) is 5.69 Å². The monoisotopic (exact) mass is 309 g/mol. The third-order valence-electron chi connectivity index (χ3n) is 2.10. The number of anilines is 1. The number of halogens is 1. The Morgan fingerprint density at radius 1 is 1.39 bits per heavy atom. The molecule has 2 rings (SSSR count). The van der Waals surface area contributed by atoms with Gasteiger partial charge in [0.25, 0.3) is 5.69 Å². The molecule has 0 aliphatic rings. The molecule has 1 aromatic carbocycles. The van der Waals surface area contributed by atoms with Crippen molar-refractivity contribution in [3.8, 4) is 11.5 Å². The van der Waals surface area contributed by atoms with E-state index in [1.165, 1.54) is 24.5 Å². The fourth-order valence-electron chi connectivity index (χ4n) is 1.33. The van der Waals surface area contributed by atoms with Gasteiger partial charge in [-0.2, -0.15) is 0 Å². The summed E-state index contributed by atoms with van der Waals surface area (Å²) < 4.78 is 6.04. The number of nitrogens with zero attached hydrogens (tertiary/aromatic N) is 2. The number of hydrogen-bond acceptors (Lipinski definition) is 5. The lowest BCUT2D eigenvalue weighted by atomic mass is 10.3. The smallest absolute Gasteiger partial charge is 0.274 e. The molecule has 2 N–H and O–H groups in total. The van der Waals surface area contributed by atoms with Crippen LogP contribution in [0.5, 0.6) is 11.5 Å². The van der Waals surface area contributed by atoms with Crippen LogP contribution < -0.4 is 10.5 Å². The Morgan fingerprint density at radius 2 is 2.17 bits per heavy atom. The quantitative estimate of drug-likeness (QED) is 0.694. The predicted octanol–water partition coefficient (Wildman–Crippen LogP) is 3.13. The molecule has 92 valence electrons. The number of nitro benzene ring substituents is 1. The number of nitrogens with two attached hydrogens (primary N) is 1. The van der Waals surface area contributed by atoms with Gasteiger partial charge in [0.2, 0.25) is 0 Å². The maximum atomic E-state index is 10.7. The van der Waals surface area contributed by atoms with Crippen LogP contribution in [0.3, 0.4) is 0 Å². The van der Waals surface area contributed by atoms with Crippen molar-refractivity contribution in [2.45, 2.75) is 0 Å². The topological polar surface area (TPSA) is 91.3 Å². The van der Waals surface area contributed by atoms with Gasteiger partial charge < -0.3 is 10.5 Å². The second kappa shape index (κ2) is 5.01. The summed E-state index contributed by atoms with van der Waals surface area (Å²) in [6, 6.07) is 5.92. The molecule has 0 spiro atoms. The second-order valence-corrected chi connectivity index (χ2v) is 4.33. The van der Waals surface area contributed by atoms with Crippen LogP contribution in [0.25, 0.3) is 0 Å². The first-order valence-electron chi connectivity index (χ1n) is 4.88. The van der Waals surface area contributed by atoms with E-state index in [1.54, 1.807) is 12.1 Å². The molecule has 0 atom stereocenters. The van der Waals surface area contributed by atoms with Crippen molar-refractivity contribution < 1.29 is 9.66 Å². The molecule has 1 heterocycles. The van der Waals surface area contributed by atoms with Crippen LogP contribution in [-0.2, 0) is 0 Å². The molecular weight excluding hydrogens is 302 g/mol. The van der Waals surface area contributed by atoms with Crippen LogP contribution >= 0.6 is 15.9 Å². The first-order valence-corrected chi connectivity index (χ1v) is 5.68. The third kappa shape index (κ3) is 2.75. The standard InChI is InChI=1S/C11H8BrN3O3/c12-7-3-8(15(16)17)5-9(4-7)18-11-1-2-14-6-10(11)13/h1-6H,13H2. The van der Waals surface area contributed by atoms with Crippen molar-refractivity contribution in [2.24, 2.45) is 0 Å². The summed E-state index contributed by atoms with van der Waals surface area (Å²) >= 11 is 3.19. The minimum Gasteiger partial charge on any atom is -0.455 e. The summed E-state index contributed by atoms with van der Waals surface area (Å²) in [5, 5.41) is 10.7. The molecule has 0 unspecified atom stereocenters. The number of ether oxygens (including phenoxy) is 1. The van der Waals surface area contributed by atoms with Crippen molar-refractivity contribution in [2.75, 3.05) is 5.73 Å². The molecule has 18 heavy (non-hydrogen) atoms. The molecule has 0 radical (unpaired) electrons. The summed E-state index contributed by atoms with van der Waals surface area (Å²) in [6.07, 6.45) is 2.97. The number of non-ortho nitro benzene ring substituents is 1. The molecule has 0 saturated carbocycles.